The summed E-state index contributed by atoms with van der Waals surface area (Å²) in [5.41, 5.74) is 0.562. The van der Waals surface area contributed by atoms with E-state index in [-0.39, 0.29) is 18.1 Å². The standard InChI is InChI=1S/C13H17N3O3S/c1-3-16-7-15-12-9(13(16)19)8(2)10(20-12)11(18)14-5-4-6-17/h7,17H,3-6H2,1-2H3,(H,14,18). The zero-order valence-corrected chi connectivity index (χ0v) is 12.3. The van der Waals surface area contributed by atoms with Gasteiger partial charge in [0.15, 0.2) is 0 Å². The molecule has 0 atom stereocenters. The van der Waals surface area contributed by atoms with Crippen molar-refractivity contribution in [1.29, 1.82) is 0 Å². The Bertz CT molecular complexity index is 690. The third kappa shape index (κ3) is 2.59. The minimum atomic E-state index is -0.221. The van der Waals surface area contributed by atoms with Gasteiger partial charge in [-0.25, -0.2) is 4.98 Å². The van der Waals surface area contributed by atoms with Crippen LogP contribution < -0.4 is 10.9 Å². The molecule has 6 nitrogen and oxygen atoms in total. The molecule has 0 aliphatic rings. The monoisotopic (exact) mass is 295 g/mol. The largest absolute Gasteiger partial charge is 0.396 e. The van der Waals surface area contributed by atoms with E-state index in [1.165, 1.54) is 22.2 Å². The second kappa shape index (κ2) is 6.15. The number of aryl methyl sites for hydroxylation is 2. The quantitative estimate of drug-likeness (QED) is 0.803. The number of amides is 1. The van der Waals surface area contributed by atoms with Crippen molar-refractivity contribution in [2.24, 2.45) is 0 Å². The summed E-state index contributed by atoms with van der Waals surface area (Å²) in [6, 6.07) is 0. The number of aromatic nitrogens is 2. The number of nitrogens with zero attached hydrogens (tertiary/aromatic N) is 2. The van der Waals surface area contributed by atoms with Gasteiger partial charge >= 0.3 is 0 Å². The summed E-state index contributed by atoms with van der Waals surface area (Å²) in [6.45, 7) is 4.64. The summed E-state index contributed by atoms with van der Waals surface area (Å²) in [5.74, 6) is -0.221. The Morgan fingerprint density at radius 1 is 1.55 bits per heavy atom. The third-order valence-electron chi connectivity index (χ3n) is 3.08. The van der Waals surface area contributed by atoms with E-state index in [0.717, 1.165) is 0 Å². The van der Waals surface area contributed by atoms with E-state index < -0.39 is 0 Å². The summed E-state index contributed by atoms with van der Waals surface area (Å²) in [5, 5.41) is 12.0. The number of hydrogen-bond acceptors (Lipinski definition) is 5. The van der Waals surface area contributed by atoms with E-state index in [1.807, 2.05) is 6.92 Å². The van der Waals surface area contributed by atoms with Crippen molar-refractivity contribution in [1.82, 2.24) is 14.9 Å². The molecule has 0 aliphatic carbocycles. The van der Waals surface area contributed by atoms with Crippen molar-refractivity contribution in [2.45, 2.75) is 26.8 Å². The maximum absolute atomic E-state index is 12.2. The van der Waals surface area contributed by atoms with Crippen LogP contribution >= 0.6 is 11.3 Å². The highest BCUT2D eigenvalue weighted by Gasteiger charge is 2.18. The zero-order valence-electron chi connectivity index (χ0n) is 11.5. The van der Waals surface area contributed by atoms with Crippen LogP contribution in [0.4, 0.5) is 0 Å². The average molecular weight is 295 g/mol. The van der Waals surface area contributed by atoms with Crippen LogP contribution in [-0.2, 0) is 6.54 Å². The molecule has 0 spiro atoms. The Balaban J connectivity index is 2.41. The lowest BCUT2D eigenvalue weighted by atomic mass is 10.2. The molecule has 2 aromatic rings. The molecule has 7 heteroatoms. The Hall–Kier alpha value is -1.73. The molecule has 0 fully saturated rings. The maximum atomic E-state index is 12.2. The van der Waals surface area contributed by atoms with Crippen LogP contribution in [-0.4, -0.2) is 33.7 Å². The molecule has 108 valence electrons. The van der Waals surface area contributed by atoms with Crippen molar-refractivity contribution in [3.05, 3.63) is 27.1 Å². The average Bonchev–Trinajstić information content (AvgIpc) is 2.77. The molecule has 2 heterocycles. The Labute approximate surface area is 120 Å². The molecular formula is C13H17N3O3S. The van der Waals surface area contributed by atoms with E-state index in [4.69, 9.17) is 5.11 Å². The predicted octanol–water partition coefficient (Wildman–Crippen LogP) is 0.899. The first kappa shape index (κ1) is 14.7. The Kier molecular flexibility index (Phi) is 4.51. The van der Waals surface area contributed by atoms with Crippen LogP contribution in [0, 0.1) is 6.92 Å². The van der Waals surface area contributed by atoms with Crippen LogP contribution in [0.2, 0.25) is 0 Å². The lowest BCUT2D eigenvalue weighted by molar-refractivity contribution is 0.0955. The number of rotatable bonds is 5. The fourth-order valence-corrected chi connectivity index (χ4v) is 3.02. The van der Waals surface area contributed by atoms with Crippen molar-refractivity contribution in [2.75, 3.05) is 13.2 Å². The third-order valence-corrected chi connectivity index (χ3v) is 4.28. The lowest BCUT2D eigenvalue weighted by Gasteiger charge is -2.02. The summed E-state index contributed by atoms with van der Waals surface area (Å²) in [6.07, 6.45) is 2.02. The van der Waals surface area contributed by atoms with Crippen LogP contribution in [0.5, 0.6) is 0 Å². The van der Waals surface area contributed by atoms with Crippen molar-refractivity contribution in [3.63, 3.8) is 0 Å². The van der Waals surface area contributed by atoms with Crippen molar-refractivity contribution in [3.8, 4) is 0 Å². The van der Waals surface area contributed by atoms with E-state index >= 15 is 0 Å². The predicted molar refractivity (Wildman–Crippen MR) is 78.3 cm³/mol. The van der Waals surface area contributed by atoms with Crippen molar-refractivity contribution >= 4 is 27.5 Å². The smallest absolute Gasteiger partial charge is 0.262 e. The van der Waals surface area contributed by atoms with Gasteiger partial charge in [0.2, 0.25) is 0 Å². The second-order valence-electron chi connectivity index (χ2n) is 4.41. The summed E-state index contributed by atoms with van der Waals surface area (Å²) in [4.78, 5) is 29.6. The number of aliphatic hydroxyl groups excluding tert-OH is 1. The van der Waals surface area contributed by atoms with Crippen molar-refractivity contribution < 1.29 is 9.90 Å². The first-order chi connectivity index (χ1) is 9.60. The molecule has 0 bridgehead atoms. The van der Waals surface area contributed by atoms with Crippen LogP contribution in [0.1, 0.15) is 28.6 Å². The van der Waals surface area contributed by atoms with Gasteiger partial charge in [-0.15, -0.1) is 11.3 Å². The van der Waals surface area contributed by atoms with Gasteiger partial charge in [-0.05, 0) is 25.8 Å². The topological polar surface area (TPSA) is 84.2 Å². The molecule has 2 N–H and O–H groups in total. The minimum Gasteiger partial charge on any atom is -0.396 e. The SMILES string of the molecule is CCn1cnc2sc(C(=O)NCCCO)c(C)c2c1=O. The molecular weight excluding hydrogens is 278 g/mol. The highest BCUT2D eigenvalue weighted by molar-refractivity contribution is 7.20. The molecule has 2 aromatic heterocycles. The summed E-state index contributed by atoms with van der Waals surface area (Å²) < 4.78 is 1.52. The van der Waals surface area contributed by atoms with Crippen LogP contribution in [0.25, 0.3) is 10.2 Å². The molecule has 1 amide bonds. The fourth-order valence-electron chi connectivity index (χ4n) is 1.96. The molecule has 0 aliphatic heterocycles. The van der Waals surface area contributed by atoms with Gasteiger partial charge in [0.05, 0.1) is 16.6 Å². The first-order valence-electron chi connectivity index (χ1n) is 6.47. The highest BCUT2D eigenvalue weighted by atomic mass is 32.1. The van der Waals surface area contributed by atoms with Gasteiger partial charge in [-0.1, -0.05) is 0 Å². The van der Waals surface area contributed by atoms with E-state index in [9.17, 15) is 9.59 Å². The van der Waals surface area contributed by atoms with Crippen LogP contribution in [0.15, 0.2) is 11.1 Å². The Morgan fingerprint density at radius 3 is 2.95 bits per heavy atom. The van der Waals surface area contributed by atoms with Gasteiger partial charge in [0.25, 0.3) is 11.5 Å². The molecule has 0 unspecified atom stereocenters. The molecule has 0 saturated carbocycles. The van der Waals surface area contributed by atoms with Gasteiger partial charge in [-0.3, -0.25) is 14.2 Å². The van der Waals surface area contributed by atoms with E-state index in [2.05, 4.69) is 10.3 Å². The number of aliphatic hydroxyl groups is 1. The van der Waals surface area contributed by atoms with Gasteiger partial charge in [0, 0.05) is 19.7 Å². The molecule has 0 aromatic carbocycles. The number of carbonyl (C=O) groups excluding carboxylic acids is 1. The van der Waals surface area contributed by atoms with Crippen LogP contribution in [0.3, 0.4) is 0 Å². The second-order valence-corrected chi connectivity index (χ2v) is 5.40. The van der Waals surface area contributed by atoms with Gasteiger partial charge in [0.1, 0.15) is 4.83 Å². The fraction of sp³-hybridized carbons (Fsp3) is 0.462. The molecule has 0 radical (unpaired) electrons. The maximum Gasteiger partial charge on any atom is 0.262 e. The molecule has 0 saturated heterocycles. The minimum absolute atomic E-state index is 0.0362. The van der Waals surface area contributed by atoms with Gasteiger partial charge < -0.3 is 10.4 Å². The zero-order chi connectivity index (χ0) is 14.7. The summed E-state index contributed by atoms with van der Waals surface area (Å²) in [7, 11) is 0. The Morgan fingerprint density at radius 2 is 2.30 bits per heavy atom. The van der Waals surface area contributed by atoms with E-state index in [0.29, 0.717) is 40.2 Å². The normalized spacial score (nSPS) is 10.9. The summed E-state index contributed by atoms with van der Waals surface area (Å²) >= 11 is 1.22. The lowest BCUT2D eigenvalue weighted by Crippen LogP contribution is -2.25. The highest BCUT2D eigenvalue weighted by Crippen LogP contribution is 2.26. The first-order valence-corrected chi connectivity index (χ1v) is 7.29. The van der Waals surface area contributed by atoms with E-state index in [1.54, 1.807) is 6.92 Å². The van der Waals surface area contributed by atoms with Gasteiger partial charge in [-0.2, -0.15) is 0 Å². The number of nitrogens with one attached hydrogen (secondary N) is 1. The molecule has 20 heavy (non-hydrogen) atoms. The number of fused-ring (bicyclic) bond motifs is 1. The molecule has 2 rings (SSSR count). The number of thiophene rings is 1. The number of carbonyl (C=O) groups is 1. The number of hydrogen-bond donors (Lipinski definition) is 2.